The van der Waals surface area contributed by atoms with Gasteiger partial charge in [-0.25, -0.2) is 4.79 Å². The molecule has 0 radical (unpaired) electrons. The third-order valence-corrected chi connectivity index (χ3v) is 4.98. The second kappa shape index (κ2) is 5.96. The molecule has 1 aromatic carbocycles. The number of aromatic nitrogens is 2. The normalized spacial score (nSPS) is 13.0. The summed E-state index contributed by atoms with van der Waals surface area (Å²) >= 11 is 1.53. The summed E-state index contributed by atoms with van der Waals surface area (Å²) in [4.78, 5) is 14.1. The number of fused-ring (bicyclic) bond motifs is 1. The molecule has 3 aromatic rings. The quantitative estimate of drug-likeness (QED) is 0.685. The number of carbonyl (C=O) groups excluding carboxylic acids is 1. The van der Waals surface area contributed by atoms with E-state index in [0.717, 1.165) is 18.4 Å². The van der Waals surface area contributed by atoms with Crippen LogP contribution in [0.4, 0.5) is 0 Å². The number of rotatable bonds is 4. The van der Waals surface area contributed by atoms with Crippen LogP contribution in [0.2, 0.25) is 0 Å². The number of hydrogen-bond acceptors (Lipinski definition) is 6. The molecule has 5 nitrogen and oxygen atoms in total. The van der Waals surface area contributed by atoms with Crippen LogP contribution in [0.1, 0.15) is 32.4 Å². The summed E-state index contributed by atoms with van der Waals surface area (Å²) in [5.74, 6) is 0.386. The van der Waals surface area contributed by atoms with E-state index in [1.807, 2.05) is 36.4 Å². The lowest BCUT2D eigenvalue weighted by Gasteiger charge is -1.99. The molecule has 0 spiro atoms. The number of thiophene rings is 1. The van der Waals surface area contributed by atoms with Gasteiger partial charge in [-0.05, 0) is 43.0 Å². The van der Waals surface area contributed by atoms with E-state index in [2.05, 4.69) is 10.2 Å². The molecule has 0 saturated carbocycles. The number of benzene rings is 1. The Morgan fingerprint density at radius 1 is 1.22 bits per heavy atom. The minimum Gasteiger partial charge on any atom is -0.451 e. The lowest BCUT2D eigenvalue weighted by Crippen LogP contribution is -2.03. The molecule has 1 aliphatic rings. The molecular weight excluding hydrogens is 312 g/mol. The van der Waals surface area contributed by atoms with Crippen molar-refractivity contribution in [1.82, 2.24) is 10.2 Å². The maximum Gasteiger partial charge on any atom is 0.348 e. The van der Waals surface area contributed by atoms with Crippen LogP contribution in [0, 0.1) is 0 Å². The number of carbonyl (C=O) groups is 1. The second-order valence-corrected chi connectivity index (χ2v) is 6.49. The summed E-state index contributed by atoms with van der Waals surface area (Å²) in [6.07, 6.45) is 3.31. The van der Waals surface area contributed by atoms with Crippen molar-refractivity contribution in [2.75, 3.05) is 0 Å². The highest BCUT2D eigenvalue weighted by Gasteiger charge is 2.20. The molecule has 6 heteroatoms. The maximum atomic E-state index is 12.1. The lowest BCUT2D eigenvalue weighted by molar-refractivity contribution is 0.0444. The fraction of sp³-hybridized carbons (Fsp3) is 0.235. The summed E-state index contributed by atoms with van der Waals surface area (Å²) in [6, 6.07) is 11.4. The summed E-state index contributed by atoms with van der Waals surface area (Å²) in [5, 5.41) is 7.89. The first-order chi connectivity index (χ1) is 11.3. The second-order valence-electron chi connectivity index (χ2n) is 5.36. The fourth-order valence-electron chi connectivity index (χ4n) is 2.64. The van der Waals surface area contributed by atoms with Gasteiger partial charge in [0.1, 0.15) is 4.88 Å². The average Bonchev–Trinajstić information content (AvgIpc) is 3.29. The molecule has 2 aromatic heterocycles. The summed E-state index contributed by atoms with van der Waals surface area (Å²) < 4.78 is 10.8. The van der Waals surface area contributed by atoms with Gasteiger partial charge in [0.25, 0.3) is 5.89 Å². The van der Waals surface area contributed by atoms with Gasteiger partial charge in [0.05, 0.1) is 0 Å². The molecule has 2 heterocycles. The highest BCUT2D eigenvalue weighted by atomic mass is 32.1. The largest absolute Gasteiger partial charge is 0.451 e. The molecule has 0 aliphatic heterocycles. The van der Waals surface area contributed by atoms with Crippen LogP contribution in [-0.4, -0.2) is 16.2 Å². The Balaban J connectivity index is 1.41. The van der Waals surface area contributed by atoms with Crippen molar-refractivity contribution >= 4 is 17.3 Å². The monoisotopic (exact) mass is 326 g/mol. The van der Waals surface area contributed by atoms with E-state index >= 15 is 0 Å². The van der Waals surface area contributed by atoms with Gasteiger partial charge in [-0.3, -0.25) is 0 Å². The van der Waals surface area contributed by atoms with E-state index in [1.165, 1.54) is 28.2 Å². The van der Waals surface area contributed by atoms with Crippen molar-refractivity contribution in [3.63, 3.8) is 0 Å². The predicted octanol–water partition coefficient (Wildman–Crippen LogP) is 3.64. The van der Waals surface area contributed by atoms with Crippen LogP contribution < -0.4 is 0 Å². The maximum absolute atomic E-state index is 12.1. The molecule has 0 saturated heterocycles. The number of aryl methyl sites for hydroxylation is 2. The third kappa shape index (κ3) is 2.90. The standard InChI is InChI=1S/C17H14N2O3S/c20-17(14-9-12-7-4-8-13(12)23-14)21-10-15-18-19-16(22-15)11-5-2-1-3-6-11/h1-3,5-6,9H,4,7-8,10H2. The van der Waals surface area contributed by atoms with E-state index in [1.54, 1.807) is 0 Å². The first-order valence-corrected chi connectivity index (χ1v) is 8.28. The average molecular weight is 326 g/mol. The van der Waals surface area contributed by atoms with E-state index in [4.69, 9.17) is 9.15 Å². The molecular formula is C17H14N2O3S. The van der Waals surface area contributed by atoms with Crippen LogP contribution >= 0.6 is 11.3 Å². The fourth-order valence-corrected chi connectivity index (χ4v) is 3.78. The van der Waals surface area contributed by atoms with Crippen LogP contribution in [0.3, 0.4) is 0 Å². The zero-order valence-electron chi connectivity index (χ0n) is 12.3. The molecule has 0 bridgehead atoms. The Morgan fingerprint density at radius 3 is 2.91 bits per heavy atom. The van der Waals surface area contributed by atoms with Crippen molar-refractivity contribution in [2.24, 2.45) is 0 Å². The summed E-state index contributed by atoms with van der Waals surface area (Å²) in [7, 11) is 0. The molecule has 4 rings (SSSR count). The molecule has 0 amide bonds. The molecule has 1 aliphatic carbocycles. The Bertz CT molecular complexity index is 817. The van der Waals surface area contributed by atoms with E-state index in [-0.39, 0.29) is 12.6 Å². The van der Waals surface area contributed by atoms with E-state index < -0.39 is 0 Å². The highest BCUT2D eigenvalue weighted by Crippen LogP contribution is 2.31. The molecule has 23 heavy (non-hydrogen) atoms. The minimum absolute atomic E-state index is 0.0127. The van der Waals surface area contributed by atoms with Gasteiger partial charge in [-0.1, -0.05) is 18.2 Å². The molecule has 0 N–H and O–H groups in total. The van der Waals surface area contributed by atoms with Crippen molar-refractivity contribution in [3.8, 4) is 11.5 Å². The van der Waals surface area contributed by atoms with Crippen LogP contribution in [-0.2, 0) is 24.2 Å². The SMILES string of the molecule is O=C(OCc1nnc(-c2ccccc2)o1)c1cc2c(s1)CCC2. The van der Waals surface area contributed by atoms with Crippen LogP contribution in [0.25, 0.3) is 11.5 Å². The van der Waals surface area contributed by atoms with Crippen molar-refractivity contribution in [3.05, 3.63) is 57.6 Å². The topological polar surface area (TPSA) is 65.2 Å². The number of hydrogen-bond donors (Lipinski definition) is 0. The molecule has 0 fully saturated rings. The molecule has 116 valence electrons. The lowest BCUT2D eigenvalue weighted by atomic mass is 10.2. The number of esters is 1. The predicted molar refractivity (Wildman–Crippen MR) is 85.2 cm³/mol. The zero-order chi connectivity index (χ0) is 15.6. The van der Waals surface area contributed by atoms with Gasteiger partial charge in [0.15, 0.2) is 6.61 Å². The first-order valence-electron chi connectivity index (χ1n) is 7.46. The van der Waals surface area contributed by atoms with Gasteiger partial charge < -0.3 is 9.15 Å². The van der Waals surface area contributed by atoms with Crippen molar-refractivity contribution in [1.29, 1.82) is 0 Å². The Morgan fingerprint density at radius 2 is 2.09 bits per heavy atom. The molecule has 0 unspecified atom stereocenters. The Kier molecular flexibility index (Phi) is 3.67. The highest BCUT2D eigenvalue weighted by molar-refractivity contribution is 7.14. The van der Waals surface area contributed by atoms with E-state index in [9.17, 15) is 4.79 Å². The third-order valence-electron chi connectivity index (χ3n) is 3.76. The summed E-state index contributed by atoms with van der Waals surface area (Å²) in [5.41, 5.74) is 2.12. The first kappa shape index (κ1) is 14.1. The number of nitrogens with zero attached hydrogens (tertiary/aromatic N) is 2. The van der Waals surface area contributed by atoms with Gasteiger partial charge in [0.2, 0.25) is 5.89 Å². The van der Waals surface area contributed by atoms with Gasteiger partial charge >= 0.3 is 5.97 Å². The zero-order valence-corrected chi connectivity index (χ0v) is 13.1. The van der Waals surface area contributed by atoms with Gasteiger partial charge in [-0.15, -0.1) is 21.5 Å². The smallest absolute Gasteiger partial charge is 0.348 e. The summed E-state index contributed by atoms with van der Waals surface area (Å²) in [6.45, 7) is -0.0127. The van der Waals surface area contributed by atoms with Gasteiger partial charge in [-0.2, -0.15) is 0 Å². The minimum atomic E-state index is -0.330. The van der Waals surface area contributed by atoms with E-state index in [0.29, 0.717) is 16.7 Å². The number of ether oxygens (including phenoxy) is 1. The van der Waals surface area contributed by atoms with Crippen molar-refractivity contribution < 1.29 is 13.9 Å². The van der Waals surface area contributed by atoms with Crippen LogP contribution in [0.15, 0.2) is 40.8 Å². The Hall–Kier alpha value is -2.47. The van der Waals surface area contributed by atoms with Crippen molar-refractivity contribution in [2.45, 2.75) is 25.9 Å². The molecule has 0 atom stereocenters. The van der Waals surface area contributed by atoms with Crippen LogP contribution in [0.5, 0.6) is 0 Å². The van der Waals surface area contributed by atoms with Gasteiger partial charge in [0, 0.05) is 10.4 Å². The Labute approximate surface area is 136 Å².